The highest BCUT2D eigenvalue weighted by molar-refractivity contribution is 5.85. The molecule has 3 amide bonds. The fraction of sp³-hybridized carbons (Fsp3) is 0.700. The normalized spacial score (nSPS) is 16.9. The number of hydrogen-bond donors (Lipinski definition) is 3. The van der Waals surface area contributed by atoms with Gasteiger partial charge in [0, 0.05) is 26.7 Å². The zero-order chi connectivity index (χ0) is 13.5. The molecule has 1 rings (SSSR count). The van der Waals surface area contributed by atoms with E-state index in [2.05, 4.69) is 10.6 Å². The number of rotatable bonds is 5. The monoisotopic (exact) mass is 259 g/mol. The lowest BCUT2D eigenvalue weighted by atomic mass is 10.2. The molecule has 1 aliphatic rings. The van der Waals surface area contributed by atoms with Crippen molar-refractivity contribution in [3.63, 3.8) is 0 Å². The number of piperazine rings is 1. The van der Waals surface area contributed by atoms with E-state index in [-0.39, 0.29) is 25.4 Å². The molecule has 8 nitrogen and oxygen atoms in total. The molecule has 1 aliphatic heterocycles. The molecule has 0 saturated carbocycles. The second-order valence-electron chi connectivity index (χ2n) is 3.91. The van der Waals surface area contributed by atoms with E-state index < -0.39 is 18.1 Å². The lowest BCUT2D eigenvalue weighted by Gasteiger charge is -2.27. The number of aliphatic carboxylic acids is 1. The first kappa shape index (κ1) is 14.2. The molecule has 0 aromatic heterocycles. The summed E-state index contributed by atoms with van der Waals surface area (Å²) < 4.78 is 4.93. The van der Waals surface area contributed by atoms with Crippen molar-refractivity contribution in [3.8, 4) is 0 Å². The van der Waals surface area contributed by atoms with Crippen LogP contribution in [-0.2, 0) is 14.3 Å². The summed E-state index contributed by atoms with van der Waals surface area (Å²) in [6.45, 7) is 0.978. The molecule has 0 bridgehead atoms. The molecule has 0 spiro atoms. The van der Waals surface area contributed by atoms with Crippen molar-refractivity contribution < 1.29 is 24.2 Å². The van der Waals surface area contributed by atoms with Gasteiger partial charge in [0.1, 0.15) is 6.54 Å². The minimum Gasteiger partial charge on any atom is -0.481 e. The van der Waals surface area contributed by atoms with E-state index in [1.807, 2.05) is 0 Å². The summed E-state index contributed by atoms with van der Waals surface area (Å²) in [4.78, 5) is 34.6. The molecule has 3 N–H and O–H groups in total. The third-order valence-corrected chi connectivity index (χ3v) is 2.54. The molecule has 0 aromatic carbocycles. The highest BCUT2D eigenvalue weighted by Gasteiger charge is 2.22. The van der Waals surface area contributed by atoms with E-state index in [1.165, 1.54) is 12.0 Å². The maximum Gasteiger partial charge on any atom is 0.318 e. The fourth-order valence-corrected chi connectivity index (χ4v) is 1.56. The lowest BCUT2D eigenvalue weighted by molar-refractivity contribution is -0.139. The first-order valence-electron chi connectivity index (χ1n) is 5.57. The average molecular weight is 259 g/mol. The zero-order valence-electron chi connectivity index (χ0n) is 10.1. The largest absolute Gasteiger partial charge is 0.481 e. The Hall–Kier alpha value is -1.83. The Kier molecular flexibility index (Phi) is 5.37. The maximum atomic E-state index is 11.7. The number of hydrogen-bond acceptors (Lipinski definition) is 4. The van der Waals surface area contributed by atoms with Crippen molar-refractivity contribution in [1.29, 1.82) is 0 Å². The summed E-state index contributed by atoms with van der Waals surface area (Å²) in [7, 11) is 1.38. The van der Waals surface area contributed by atoms with E-state index in [9.17, 15) is 14.4 Å². The predicted octanol–water partition coefficient (Wildman–Crippen LogP) is -1.38. The second kappa shape index (κ2) is 6.80. The summed E-state index contributed by atoms with van der Waals surface area (Å²) in [5.74, 6) is -1.20. The first-order valence-corrected chi connectivity index (χ1v) is 5.57. The number of nitrogens with one attached hydrogen (secondary N) is 2. The van der Waals surface area contributed by atoms with Crippen LogP contribution in [0.1, 0.15) is 6.42 Å². The number of carboxylic acids is 1. The summed E-state index contributed by atoms with van der Waals surface area (Å²) in [6.07, 6.45) is -0.762. The topological polar surface area (TPSA) is 108 Å². The van der Waals surface area contributed by atoms with Gasteiger partial charge < -0.3 is 25.4 Å². The van der Waals surface area contributed by atoms with Crippen LogP contribution in [0, 0.1) is 0 Å². The van der Waals surface area contributed by atoms with Crippen molar-refractivity contribution in [2.24, 2.45) is 0 Å². The molecule has 0 aliphatic carbocycles. The molecule has 102 valence electrons. The van der Waals surface area contributed by atoms with Crippen LogP contribution in [0.4, 0.5) is 4.79 Å². The molecule has 0 aromatic rings. The van der Waals surface area contributed by atoms with Crippen LogP contribution in [0.3, 0.4) is 0 Å². The number of methoxy groups -OCH3 is 1. The number of ether oxygens (including phenoxy) is 1. The Bertz CT molecular complexity index is 333. The third-order valence-electron chi connectivity index (χ3n) is 2.54. The Morgan fingerprint density at radius 1 is 1.61 bits per heavy atom. The smallest absolute Gasteiger partial charge is 0.318 e. The van der Waals surface area contributed by atoms with Crippen LogP contribution in [0.15, 0.2) is 0 Å². The first-order chi connectivity index (χ1) is 8.52. The Balaban J connectivity index is 2.34. The van der Waals surface area contributed by atoms with Crippen LogP contribution in [0.5, 0.6) is 0 Å². The Labute approximate surface area is 104 Å². The van der Waals surface area contributed by atoms with Gasteiger partial charge in [-0.05, 0) is 0 Å². The maximum absolute atomic E-state index is 11.7. The number of carbonyl (C=O) groups is 3. The molecule has 8 heteroatoms. The van der Waals surface area contributed by atoms with Crippen LogP contribution >= 0.6 is 0 Å². The van der Waals surface area contributed by atoms with Gasteiger partial charge in [0.2, 0.25) is 5.91 Å². The number of nitrogens with zero attached hydrogens (tertiary/aromatic N) is 1. The van der Waals surface area contributed by atoms with Gasteiger partial charge in [-0.2, -0.15) is 0 Å². The molecule has 18 heavy (non-hydrogen) atoms. The standard InChI is InChI=1S/C10H17N3O5/c1-18-7(4-9(15)16)5-12-10(17)13-3-2-11-8(14)6-13/h7H,2-6H2,1H3,(H,11,14)(H,12,17)(H,15,16). The van der Waals surface area contributed by atoms with Crippen molar-refractivity contribution >= 4 is 17.9 Å². The summed E-state index contributed by atoms with van der Waals surface area (Å²) in [5, 5.41) is 13.8. The number of amides is 3. The quantitative estimate of drug-likeness (QED) is 0.564. The van der Waals surface area contributed by atoms with Crippen molar-refractivity contribution in [1.82, 2.24) is 15.5 Å². The summed E-state index contributed by atoms with van der Waals surface area (Å²) >= 11 is 0. The minimum absolute atomic E-state index is 0.0163. The summed E-state index contributed by atoms with van der Waals surface area (Å²) in [6, 6.07) is -0.391. The zero-order valence-corrected chi connectivity index (χ0v) is 10.1. The Morgan fingerprint density at radius 2 is 2.33 bits per heavy atom. The molecule has 1 saturated heterocycles. The van der Waals surface area contributed by atoms with E-state index >= 15 is 0 Å². The molecule has 0 radical (unpaired) electrons. The molecule has 1 heterocycles. The minimum atomic E-state index is -0.992. The van der Waals surface area contributed by atoms with Crippen LogP contribution in [0.25, 0.3) is 0 Å². The van der Waals surface area contributed by atoms with Gasteiger partial charge in [0.15, 0.2) is 0 Å². The van der Waals surface area contributed by atoms with Gasteiger partial charge in [-0.3, -0.25) is 9.59 Å². The van der Waals surface area contributed by atoms with Gasteiger partial charge >= 0.3 is 12.0 Å². The molecular formula is C10H17N3O5. The number of carboxylic acid groups (broad SMARTS) is 1. The predicted molar refractivity (Wildman–Crippen MR) is 61.0 cm³/mol. The second-order valence-corrected chi connectivity index (χ2v) is 3.91. The summed E-state index contributed by atoms with van der Waals surface area (Å²) in [5.41, 5.74) is 0. The molecular weight excluding hydrogens is 242 g/mol. The highest BCUT2D eigenvalue weighted by atomic mass is 16.5. The van der Waals surface area contributed by atoms with Crippen LogP contribution in [0.2, 0.25) is 0 Å². The average Bonchev–Trinajstić information content (AvgIpc) is 2.33. The molecule has 1 fully saturated rings. The van der Waals surface area contributed by atoms with Crippen molar-refractivity contribution in [2.45, 2.75) is 12.5 Å². The molecule has 1 atom stereocenters. The Morgan fingerprint density at radius 3 is 2.89 bits per heavy atom. The lowest BCUT2D eigenvalue weighted by Crippen LogP contribution is -2.53. The SMILES string of the molecule is COC(CNC(=O)N1CCNC(=O)C1)CC(=O)O. The van der Waals surface area contributed by atoms with Gasteiger partial charge in [-0.1, -0.05) is 0 Å². The number of urea groups is 1. The van der Waals surface area contributed by atoms with Crippen molar-refractivity contribution in [2.75, 3.05) is 33.3 Å². The van der Waals surface area contributed by atoms with E-state index in [1.54, 1.807) is 0 Å². The van der Waals surface area contributed by atoms with E-state index in [4.69, 9.17) is 9.84 Å². The number of carbonyl (C=O) groups excluding carboxylic acids is 2. The van der Waals surface area contributed by atoms with E-state index in [0.717, 1.165) is 0 Å². The molecule has 1 unspecified atom stereocenters. The van der Waals surface area contributed by atoms with Gasteiger partial charge in [-0.15, -0.1) is 0 Å². The highest BCUT2D eigenvalue weighted by Crippen LogP contribution is 1.98. The third kappa shape index (κ3) is 4.58. The van der Waals surface area contributed by atoms with Gasteiger partial charge in [0.25, 0.3) is 0 Å². The van der Waals surface area contributed by atoms with Crippen molar-refractivity contribution in [3.05, 3.63) is 0 Å². The van der Waals surface area contributed by atoms with Crippen LogP contribution in [-0.4, -0.2) is 67.3 Å². The van der Waals surface area contributed by atoms with Gasteiger partial charge in [0.05, 0.1) is 12.5 Å². The van der Waals surface area contributed by atoms with Crippen LogP contribution < -0.4 is 10.6 Å². The van der Waals surface area contributed by atoms with E-state index in [0.29, 0.717) is 13.1 Å². The fourth-order valence-electron chi connectivity index (χ4n) is 1.56. The van der Waals surface area contributed by atoms with Gasteiger partial charge in [-0.25, -0.2) is 4.79 Å².